The fourth-order valence-electron chi connectivity index (χ4n) is 5.19. The number of hydrogen-bond donors (Lipinski definition) is 0. The van der Waals surface area contributed by atoms with Crippen molar-refractivity contribution in [3.63, 3.8) is 0 Å². The highest BCUT2D eigenvalue weighted by Crippen LogP contribution is 2.36. The smallest absolute Gasteiger partial charge is 0.414 e. The number of ether oxygens (including phenoxy) is 2. The second-order valence-electron chi connectivity index (χ2n) is 9.31. The number of unbranched alkanes of at least 4 members (excludes halogenated alkanes) is 2. The standard InChI is InChI=1S/C27H37N2O3/c1-2-3-10-17-28(24-11-6-4-7-12-24)27(30)32-26-22-29(18-15-23(26)16-19-29)20-21-31-25-13-8-5-9-14-25/h4-9,11-14,23,26H,2-3,10,15-22H2,1H3/q+1/t23?,26-,29?/m0/s1. The number of carbonyl (C=O) groups excluding carboxylic acids is 1. The highest BCUT2D eigenvalue weighted by molar-refractivity contribution is 5.87. The van der Waals surface area contributed by atoms with Gasteiger partial charge in [-0.15, -0.1) is 0 Å². The van der Waals surface area contributed by atoms with Gasteiger partial charge in [-0.25, -0.2) is 4.79 Å². The highest BCUT2D eigenvalue weighted by atomic mass is 16.6. The van der Waals surface area contributed by atoms with Crippen LogP contribution in [0, 0.1) is 5.92 Å². The SMILES string of the molecule is CCCCCN(C(=O)O[C@H]1C[N+]2(CCOc3ccccc3)CCC1CC2)c1ccccc1. The van der Waals surface area contributed by atoms with Crippen molar-refractivity contribution in [1.82, 2.24) is 0 Å². The number of quaternary nitrogens is 1. The Bertz CT molecular complexity index is 834. The summed E-state index contributed by atoms with van der Waals surface area (Å²) in [5.41, 5.74) is 0.926. The van der Waals surface area contributed by atoms with Crippen molar-refractivity contribution < 1.29 is 18.8 Å². The van der Waals surface area contributed by atoms with Gasteiger partial charge in [0.05, 0.1) is 13.1 Å². The van der Waals surface area contributed by atoms with Crippen molar-refractivity contribution in [3.8, 4) is 5.75 Å². The van der Waals surface area contributed by atoms with E-state index in [2.05, 4.69) is 6.92 Å². The van der Waals surface area contributed by atoms with Gasteiger partial charge < -0.3 is 14.0 Å². The summed E-state index contributed by atoms with van der Waals surface area (Å²) < 4.78 is 13.2. The summed E-state index contributed by atoms with van der Waals surface area (Å²) in [6.45, 7) is 7.79. The summed E-state index contributed by atoms with van der Waals surface area (Å²) in [7, 11) is 0. The Morgan fingerprint density at radius 2 is 1.69 bits per heavy atom. The van der Waals surface area contributed by atoms with Gasteiger partial charge in [-0.1, -0.05) is 56.2 Å². The van der Waals surface area contributed by atoms with Crippen molar-refractivity contribution in [2.24, 2.45) is 5.92 Å². The van der Waals surface area contributed by atoms with Gasteiger partial charge in [0.1, 0.15) is 25.4 Å². The molecule has 2 bridgehead atoms. The van der Waals surface area contributed by atoms with Crippen LogP contribution in [-0.4, -0.2) is 56.0 Å². The fourth-order valence-corrected chi connectivity index (χ4v) is 5.19. The molecule has 172 valence electrons. The molecule has 0 unspecified atom stereocenters. The molecule has 3 saturated heterocycles. The Balaban J connectivity index is 1.36. The Hall–Kier alpha value is -2.53. The molecule has 0 aromatic heterocycles. The van der Waals surface area contributed by atoms with Gasteiger partial charge in [0.15, 0.2) is 6.10 Å². The van der Waals surface area contributed by atoms with Crippen molar-refractivity contribution in [1.29, 1.82) is 0 Å². The highest BCUT2D eigenvalue weighted by Gasteiger charge is 2.47. The number of para-hydroxylation sites is 2. The van der Waals surface area contributed by atoms with E-state index in [1.807, 2.05) is 65.6 Å². The first-order valence-electron chi connectivity index (χ1n) is 12.3. The summed E-state index contributed by atoms with van der Waals surface area (Å²) in [5, 5.41) is 0. The van der Waals surface area contributed by atoms with E-state index >= 15 is 0 Å². The lowest BCUT2D eigenvalue weighted by Gasteiger charge is -2.52. The molecular weight excluding hydrogens is 400 g/mol. The molecule has 3 heterocycles. The van der Waals surface area contributed by atoms with Crippen molar-refractivity contribution >= 4 is 11.8 Å². The molecule has 0 spiro atoms. The van der Waals surface area contributed by atoms with Crippen LogP contribution in [0.1, 0.15) is 39.0 Å². The lowest BCUT2D eigenvalue weighted by atomic mass is 9.83. The summed E-state index contributed by atoms with van der Waals surface area (Å²) in [6.07, 6.45) is 5.31. The maximum atomic E-state index is 13.3. The van der Waals surface area contributed by atoms with Crippen molar-refractivity contribution in [3.05, 3.63) is 60.7 Å². The van der Waals surface area contributed by atoms with Gasteiger partial charge in [-0.3, -0.25) is 4.90 Å². The summed E-state index contributed by atoms with van der Waals surface area (Å²) in [4.78, 5) is 15.1. The Morgan fingerprint density at radius 1 is 1.00 bits per heavy atom. The third kappa shape index (κ3) is 5.63. The van der Waals surface area contributed by atoms with Crippen LogP contribution in [0.4, 0.5) is 10.5 Å². The average molecular weight is 438 g/mol. The summed E-state index contributed by atoms with van der Waals surface area (Å²) in [5.74, 6) is 1.41. The lowest BCUT2D eigenvalue weighted by molar-refractivity contribution is -0.946. The molecule has 32 heavy (non-hydrogen) atoms. The first-order chi connectivity index (χ1) is 15.7. The molecule has 1 amide bonds. The number of nitrogens with zero attached hydrogens (tertiary/aromatic N) is 2. The van der Waals surface area contributed by atoms with E-state index in [4.69, 9.17) is 9.47 Å². The Labute approximate surface area is 192 Å². The van der Waals surface area contributed by atoms with Crippen molar-refractivity contribution in [2.75, 3.05) is 44.2 Å². The van der Waals surface area contributed by atoms with Gasteiger partial charge in [0, 0.05) is 31.0 Å². The van der Waals surface area contributed by atoms with Crippen LogP contribution in [0.25, 0.3) is 0 Å². The van der Waals surface area contributed by atoms with Crippen LogP contribution in [0.15, 0.2) is 60.7 Å². The molecular formula is C27H37N2O3+. The monoisotopic (exact) mass is 437 g/mol. The zero-order chi connectivity index (χ0) is 22.2. The van der Waals surface area contributed by atoms with Gasteiger partial charge in [-0.05, 0) is 30.7 Å². The number of amides is 1. The zero-order valence-corrected chi connectivity index (χ0v) is 19.3. The number of benzene rings is 2. The molecule has 3 fully saturated rings. The van der Waals surface area contributed by atoms with E-state index in [9.17, 15) is 4.79 Å². The topological polar surface area (TPSA) is 38.8 Å². The van der Waals surface area contributed by atoms with Crippen LogP contribution in [0.3, 0.4) is 0 Å². The molecule has 0 radical (unpaired) electrons. The fraction of sp³-hybridized carbons (Fsp3) is 0.519. The van der Waals surface area contributed by atoms with Gasteiger partial charge in [0.2, 0.25) is 0 Å². The lowest BCUT2D eigenvalue weighted by Crippen LogP contribution is -2.65. The Morgan fingerprint density at radius 3 is 2.38 bits per heavy atom. The largest absolute Gasteiger partial charge is 0.488 e. The van der Waals surface area contributed by atoms with E-state index in [0.717, 1.165) is 74.2 Å². The minimum atomic E-state index is -0.190. The van der Waals surface area contributed by atoms with Crippen LogP contribution in [-0.2, 0) is 4.74 Å². The third-order valence-corrected chi connectivity index (χ3v) is 7.14. The normalized spacial score (nSPS) is 24.2. The third-order valence-electron chi connectivity index (χ3n) is 7.14. The predicted octanol–water partition coefficient (Wildman–Crippen LogP) is 5.51. The predicted molar refractivity (Wildman–Crippen MR) is 128 cm³/mol. The molecule has 0 aliphatic carbocycles. The zero-order valence-electron chi connectivity index (χ0n) is 19.3. The molecule has 5 heteroatoms. The molecule has 0 saturated carbocycles. The molecule has 0 N–H and O–H groups in total. The van der Waals surface area contributed by atoms with Crippen LogP contribution >= 0.6 is 0 Å². The minimum Gasteiger partial charge on any atom is -0.488 e. The van der Waals surface area contributed by atoms with E-state index < -0.39 is 0 Å². The van der Waals surface area contributed by atoms with Crippen LogP contribution in [0.5, 0.6) is 5.75 Å². The van der Waals surface area contributed by atoms with E-state index in [1.165, 1.54) is 0 Å². The van der Waals surface area contributed by atoms with E-state index in [-0.39, 0.29) is 12.2 Å². The molecule has 3 aliphatic rings. The first kappa shape index (κ1) is 22.7. The van der Waals surface area contributed by atoms with Crippen LogP contribution < -0.4 is 9.64 Å². The molecule has 5 nitrogen and oxygen atoms in total. The maximum absolute atomic E-state index is 13.3. The number of rotatable bonds is 10. The van der Waals surface area contributed by atoms with Crippen LogP contribution in [0.2, 0.25) is 0 Å². The number of anilines is 1. The molecule has 5 rings (SSSR count). The average Bonchev–Trinajstić information content (AvgIpc) is 2.84. The Kier molecular flexibility index (Phi) is 7.69. The number of piperidine rings is 3. The molecule has 3 aliphatic heterocycles. The number of carbonyl (C=O) groups is 1. The summed E-state index contributed by atoms with van der Waals surface area (Å²) >= 11 is 0. The second-order valence-corrected chi connectivity index (χ2v) is 9.31. The van der Waals surface area contributed by atoms with Gasteiger partial charge >= 0.3 is 6.09 Å². The van der Waals surface area contributed by atoms with E-state index in [1.54, 1.807) is 0 Å². The summed E-state index contributed by atoms with van der Waals surface area (Å²) in [6, 6.07) is 20.0. The second kappa shape index (κ2) is 10.9. The van der Waals surface area contributed by atoms with E-state index in [0.29, 0.717) is 19.1 Å². The number of fused-ring (bicyclic) bond motifs is 3. The van der Waals surface area contributed by atoms with Crippen molar-refractivity contribution in [2.45, 2.75) is 45.1 Å². The van der Waals surface area contributed by atoms with Gasteiger partial charge in [-0.2, -0.15) is 0 Å². The molecule has 2 aromatic rings. The first-order valence-corrected chi connectivity index (χ1v) is 12.3. The quantitative estimate of drug-likeness (QED) is 0.363. The molecule has 2 aromatic carbocycles. The number of hydrogen-bond acceptors (Lipinski definition) is 3. The minimum absolute atomic E-state index is 0.000822. The maximum Gasteiger partial charge on any atom is 0.414 e. The molecule has 1 atom stereocenters. The van der Waals surface area contributed by atoms with Gasteiger partial charge in [0.25, 0.3) is 0 Å².